The number of carbonyl (C=O) groups excluding carboxylic acids is 1. The van der Waals surface area contributed by atoms with Crippen molar-refractivity contribution < 1.29 is 4.79 Å². The second-order valence-electron chi connectivity index (χ2n) is 7.43. The summed E-state index contributed by atoms with van der Waals surface area (Å²) in [6.07, 6.45) is 6.19. The van der Waals surface area contributed by atoms with E-state index in [9.17, 15) is 4.79 Å². The van der Waals surface area contributed by atoms with E-state index in [0.717, 1.165) is 50.4 Å². The summed E-state index contributed by atoms with van der Waals surface area (Å²) < 4.78 is 1.96. The zero-order valence-electron chi connectivity index (χ0n) is 16.9. The van der Waals surface area contributed by atoms with Crippen molar-refractivity contribution in [3.8, 4) is 0 Å². The number of hydrogen-bond donors (Lipinski definition) is 0. The molecule has 0 unspecified atom stereocenters. The maximum atomic E-state index is 13.2. The quantitative estimate of drug-likeness (QED) is 0.651. The van der Waals surface area contributed by atoms with Gasteiger partial charge in [0.2, 0.25) is 0 Å². The van der Waals surface area contributed by atoms with Gasteiger partial charge >= 0.3 is 0 Å². The Balaban J connectivity index is 1.40. The molecule has 0 N–H and O–H groups in total. The molecule has 1 amide bonds. The Morgan fingerprint density at radius 1 is 0.931 bits per heavy atom. The molecule has 6 nitrogen and oxygen atoms in total. The maximum Gasteiger partial charge on any atom is 0.257 e. The van der Waals surface area contributed by atoms with Gasteiger partial charge < -0.3 is 4.90 Å². The van der Waals surface area contributed by atoms with Gasteiger partial charge in [-0.15, -0.1) is 0 Å². The van der Waals surface area contributed by atoms with Gasteiger partial charge in [-0.2, -0.15) is 5.10 Å². The van der Waals surface area contributed by atoms with Crippen LogP contribution >= 0.6 is 0 Å². The average molecular weight is 390 g/mol. The van der Waals surface area contributed by atoms with Crippen LogP contribution in [-0.4, -0.2) is 56.7 Å². The fourth-order valence-electron chi connectivity index (χ4n) is 3.88. The van der Waals surface area contributed by atoms with Crippen molar-refractivity contribution in [1.82, 2.24) is 24.6 Å². The molecular weight excluding hydrogens is 362 g/mol. The van der Waals surface area contributed by atoms with Crippen molar-refractivity contribution in [2.24, 2.45) is 0 Å². The van der Waals surface area contributed by atoms with Crippen LogP contribution in [0.1, 0.15) is 34.1 Å². The molecule has 1 fully saturated rings. The summed E-state index contributed by atoms with van der Waals surface area (Å²) in [4.78, 5) is 21.6. The topological polar surface area (TPSA) is 54.3 Å². The molecule has 1 aromatic carbocycles. The highest BCUT2D eigenvalue weighted by Crippen LogP contribution is 2.17. The number of hydrogen-bond acceptors (Lipinski definition) is 4. The second-order valence-corrected chi connectivity index (χ2v) is 7.43. The van der Waals surface area contributed by atoms with Gasteiger partial charge in [0.1, 0.15) is 0 Å². The lowest BCUT2D eigenvalue weighted by Crippen LogP contribution is -2.48. The van der Waals surface area contributed by atoms with E-state index < -0.39 is 0 Å². The van der Waals surface area contributed by atoms with E-state index in [-0.39, 0.29) is 5.91 Å². The lowest BCUT2D eigenvalue weighted by molar-refractivity contribution is 0.0627. The van der Waals surface area contributed by atoms with E-state index in [2.05, 4.69) is 34.0 Å². The highest BCUT2D eigenvalue weighted by atomic mass is 16.2. The fourth-order valence-corrected chi connectivity index (χ4v) is 3.88. The number of piperazine rings is 1. The third kappa shape index (κ3) is 4.54. The molecule has 0 atom stereocenters. The van der Waals surface area contributed by atoms with Crippen LogP contribution in [0, 0.1) is 0 Å². The summed E-state index contributed by atoms with van der Waals surface area (Å²) in [5.74, 6) is 0.102. The van der Waals surface area contributed by atoms with Gasteiger partial charge in [-0.25, -0.2) is 0 Å². The van der Waals surface area contributed by atoms with Crippen LogP contribution in [-0.2, 0) is 19.5 Å². The third-order valence-electron chi connectivity index (χ3n) is 5.50. The average Bonchev–Trinajstić information content (AvgIpc) is 3.17. The minimum Gasteiger partial charge on any atom is -0.336 e. The summed E-state index contributed by atoms with van der Waals surface area (Å²) >= 11 is 0. The molecule has 6 heteroatoms. The molecule has 4 rings (SSSR count). The van der Waals surface area contributed by atoms with Crippen molar-refractivity contribution in [2.75, 3.05) is 26.2 Å². The first-order valence-corrected chi connectivity index (χ1v) is 10.2. The van der Waals surface area contributed by atoms with Crippen LogP contribution in [0.15, 0.2) is 61.1 Å². The van der Waals surface area contributed by atoms with Crippen LogP contribution < -0.4 is 0 Å². The third-order valence-corrected chi connectivity index (χ3v) is 5.50. The van der Waals surface area contributed by atoms with Crippen molar-refractivity contribution in [1.29, 1.82) is 0 Å². The number of carbonyl (C=O) groups is 1. The normalized spacial score (nSPS) is 14.9. The Bertz CT molecular complexity index is 930. The predicted octanol–water partition coefficient (Wildman–Crippen LogP) is 2.85. The van der Waals surface area contributed by atoms with Gasteiger partial charge in [0.15, 0.2) is 0 Å². The number of aromatic nitrogens is 3. The van der Waals surface area contributed by atoms with Gasteiger partial charge in [-0.1, -0.05) is 37.3 Å². The first-order chi connectivity index (χ1) is 14.2. The first kappa shape index (κ1) is 19.3. The number of nitrogens with zero attached hydrogens (tertiary/aromatic N) is 5. The molecule has 150 valence electrons. The van der Waals surface area contributed by atoms with Gasteiger partial charge in [0.25, 0.3) is 5.91 Å². The molecule has 0 spiro atoms. The number of rotatable bonds is 6. The van der Waals surface area contributed by atoms with Crippen molar-refractivity contribution in [3.05, 3.63) is 83.4 Å². The summed E-state index contributed by atoms with van der Waals surface area (Å²) in [5.41, 5.74) is 4.20. The van der Waals surface area contributed by atoms with E-state index >= 15 is 0 Å². The smallest absolute Gasteiger partial charge is 0.257 e. The van der Waals surface area contributed by atoms with Gasteiger partial charge in [0, 0.05) is 45.1 Å². The molecule has 0 radical (unpaired) electrons. The molecule has 3 heterocycles. The van der Waals surface area contributed by atoms with Crippen LogP contribution in [0.3, 0.4) is 0 Å². The van der Waals surface area contributed by atoms with E-state index in [4.69, 9.17) is 0 Å². The molecule has 0 aliphatic carbocycles. The monoisotopic (exact) mass is 389 g/mol. The molecule has 1 saturated heterocycles. The fraction of sp³-hybridized carbons (Fsp3) is 0.348. The molecule has 1 aliphatic rings. The molecule has 0 bridgehead atoms. The highest BCUT2D eigenvalue weighted by molar-refractivity contribution is 5.95. The number of amides is 1. The SMILES string of the molecule is CCc1c(C(=O)N2CCN(Cc3ccncc3)CC2)cnn1Cc1ccccc1. The van der Waals surface area contributed by atoms with Crippen LogP contribution in [0.5, 0.6) is 0 Å². The lowest BCUT2D eigenvalue weighted by atomic mass is 10.1. The summed E-state index contributed by atoms with van der Waals surface area (Å²) in [5, 5.41) is 4.52. The zero-order valence-corrected chi connectivity index (χ0v) is 16.9. The summed E-state index contributed by atoms with van der Waals surface area (Å²) in [7, 11) is 0. The Morgan fingerprint density at radius 3 is 2.31 bits per heavy atom. The molecular formula is C23H27N5O. The zero-order chi connectivity index (χ0) is 20.1. The maximum absolute atomic E-state index is 13.2. The van der Waals surface area contributed by atoms with Gasteiger partial charge in [-0.05, 0) is 29.7 Å². The minimum atomic E-state index is 0.102. The molecule has 2 aromatic heterocycles. The Morgan fingerprint density at radius 2 is 1.62 bits per heavy atom. The Labute approximate surface area is 171 Å². The van der Waals surface area contributed by atoms with Gasteiger partial charge in [0.05, 0.1) is 24.0 Å². The number of pyridine rings is 1. The predicted molar refractivity (Wildman–Crippen MR) is 113 cm³/mol. The minimum absolute atomic E-state index is 0.102. The van der Waals surface area contributed by atoms with E-state index in [0.29, 0.717) is 6.54 Å². The van der Waals surface area contributed by atoms with E-state index in [1.165, 1.54) is 11.1 Å². The van der Waals surface area contributed by atoms with Crippen molar-refractivity contribution in [2.45, 2.75) is 26.4 Å². The largest absolute Gasteiger partial charge is 0.336 e. The molecule has 29 heavy (non-hydrogen) atoms. The highest BCUT2D eigenvalue weighted by Gasteiger charge is 2.25. The van der Waals surface area contributed by atoms with Crippen LogP contribution in [0.2, 0.25) is 0 Å². The molecule has 3 aromatic rings. The van der Waals surface area contributed by atoms with Crippen molar-refractivity contribution >= 4 is 5.91 Å². The van der Waals surface area contributed by atoms with E-state index in [1.807, 2.05) is 52.3 Å². The van der Waals surface area contributed by atoms with Crippen LogP contribution in [0.4, 0.5) is 0 Å². The van der Waals surface area contributed by atoms with E-state index in [1.54, 1.807) is 6.20 Å². The summed E-state index contributed by atoms with van der Waals surface area (Å²) in [6, 6.07) is 14.3. The lowest BCUT2D eigenvalue weighted by Gasteiger charge is -2.34. The second kappa shape index (κ2) is 9.01. The molecule has 1 aliphatic heterocycles. The van der Waals surface area contributed by atoms with Gasteiger partial charge in [-0.3, -0.25) is 19.4 Å². The first-order valence-electron chi connectivity index (χ1n) is 10.2. The Hall–Kier alpha value is -2.99. The van der Waals surface area contributed by atoms with Crippen LogP contribution in [0.25, 0.3) is 0 Å². The Kier molecular flexibility index (Phi) is 6.00. The number of benzene rings is 1. The summed E-state index contributed by atoms with van der Waals surface area (Å²) in [6.45, 7) is 6.94. The molecule has 0 saturated carbocycles. The van der Waals surface area contributed by atoms with Crippen molar-refractivity contribution in [3.63, 3.8) is 0 Å². The standard InChI is InChI=1S/C23H27N5O/c1-2-22-21(16-25-28(22)18-19-6-4-3-5-7-19)23(29)27-14-12-26(13-15-27)17-20-8-10-24-11-9-20/h3-11,16H,2,12-15,17-18H2,1H3.